The maximum absolute atomic E-state index is 13.4. The Morgan fingerprint density at radius 2 is 1.80 bits per heavy atom. The molecule has 1 aliphatic carbocycles. The summed E-state index contributed by atoms with van der Waals surface area (Å²) >= 11 is 3.44. The van der Waals surface area contributed by atoms with Gasteiger partial charge in [-0.15, -0.1) is 23.5 Å². The van der Waals surface area contributed by atoms with Crippen molar-refractivity contribution < 1.29 is 23.0 Å². The summed E-state index contributed by atoms with van der Waals surface area (Å²) in [4.78, 5) is 18.5. The molecule has 0 heterocycles. The first-order valence-corrected chi connectivity index (χ1v) is 13.7. The first kappa shape index (κ1) is 27.3. The van der Waals surface area contributed by atoms with Gasteiger partial charge in [-0.3, -0.25) is 4.99 Å². The van der Waals surface area contributed by atoms with Crippen molar-refractivity contribution in [2.24, 2.45) is 4.99 Å². The number of halogens is 2. The smallest absolute Gasteiger partial charge is 0.343 e. The third-order valence-electron chi connectivity index (χ3n) is 5.86. The van der Waals surface area contributed by atoms with Crippen LogP contribution < -0.4 is 4.74 Å². The Balaban J connectivity index is 1.72. The van der Waals surface area contributed by atoms with E-state index in [0.29, 0.717) is 0 Å². The highest BCUT2D eigenvalue weighted by molar-refractivity contribution is 8.05. The van der Waals surface area contributed by atoms with Crippen molar-refractivity contribution in [2.75, 3.05) is 25.7 Å². The van der Waals surface area contributed by atoms with Gasteiger partial charge in [0.1, 0.15) is 5.75 Å². The summed E-state index contributed by atoms with van der Waals surface area (Å²) in [5.74, 6) is -1.69. The van der Waals surface area contributed by atoms with E-state index in [1.54, 1.807) is 41.9 Å². The zero-order chi connectivity index (χ0) is 25.4. The summed E-state index contributed by atoms with van der Waals surface area (Å²) in [6.07, 6.45) is 7.93. The zero-order valence-electron chi connectivity index (χ0n) is 20.5. The second-order valence-corrected chi connectivity index (χ2v) is 10.3. The maximum atomic E-state index is 13.4. The average molecular weight is 520 g/mol. The first-order valence-electron chi connectivity index (χ1n) is 11.5. The SMILES string of the molecule is COC(=O)COc1ccc(SC/C(SC)=C(\C)N=Cc2ccc(C(C)(F)F)cc2)c2c1CCCC2. The molecule has 0 fully saturated rings. The van der Waals surface area contributed by atoms with Gasteiger partial charge in [-0.2, -0.15) is 0 Å². The summed E-state index contributed by atoms with van der Waals surface area (Å²) < 4.78 is 37.3. The number of esters is 1. The number of benzene rings is 2. The Bertz CT molecular complexity index is 1090. The number of rotatable bonds is 10. The van der Waals surface area contributed by atoms with Crippen molar-refractivity contribution in [2.45, 2.75) is 50.3 Å². The van der Waals surface area contributed by atoms with E-state index in [2.05, 4.69) is 15.8 Å². The van der Waals surface area contributed by atoms with Crippen LogP contribution in [-0.4, -0.2) is 37.9 Å². The molecule has 0 radical (unpaired) electrons. The van der Waals surface area contributed by atoms with Crippen molar-refractivity contribution >= 4 is 35.7 Å². The molecule has 0 bridgehead atoms. The quantitative estimate of drug-likeness (QED) is 0.192. The number of methoxy groups -OCH3 is 1. The molecule has 8 heteroatoms. The Morgan fingerprint density at radius 3 is 2.43 bits per heavy atom. The fraction of sp³-hybridized carbons (Fsp3) is 0.407. The van der Waals surface area contributed by atoms with Gasteiger partial charge >= 0.3 is 5.97 Å². The Kier molecular flexibility index (Phi) is 9.80. The normalized spacial score (nSPS) is 14.5. The van der Waals surface area contributed by atoms with Crippen LogP contribution in [0.1, 0.15) is 48.9 Å². The Morgan fingerprint density at radius 1 is 1.11 bits per heavy atom. The second kappa shape index (κ2) is 12.6. The molecule has 3 rings (SSSR count). The predicted octanol–water partition coefficient (Wildman–Crippen LogP) is 7.03. The molecule has 0 saturated carbocycles. The first-order chi connectivity index (χ1) is 16.7. The van der Waals surface area contributed by atoms with Crippen LogP contribution >= 0.6 is 23.5 Å². The molecule has 0 amide bonds. The number of ether oxygens (including phenoxy) is 2. The largest absolute Gasteiger partial charge is 0.482 e. The third kappa shape index (κ3) is 7.58. The standard InChI is InChI=1S/C27H31F2NO3S2/c1-18(30-15-19-9-11-20(12-10-19)27(2,28)29)25(34-4)17-35-24-14-13-23(33-16-26(31)32-3)21-7-5-6-8-22(21)24/h9-15H,5-8,16-17H2,1-4H3/b25-18-,30-15?. The van der Waals surface area contributed by atoms with Crippen molar-refractivity contribution in [3.05, 3.63) is 69.3 Å². The zero-order valence-corrected chi connectivity index (χ0v) is 22.2. The lowest BCUT2D eigenvalue weighted by molar-refractivity contribution is -0.142. The van der Waals surface area contributed by atoms with E-state index in [1.807, 2.05) is 19.2 Å². The highest BCUT2D eigenvalue weighted by Crippen LogP contribution is 2.38. The minimum Gasteiger partial charge on any atom is -0.482 e. The molecule has 0 N–H and O–H groups in total. The monoisotopic (exact) mass is 519 g/mol. The molecule has 35 heavy (non-hydrogen) atoms. The topological polar surface area (TPSA) is 47.9 Å². The number of fused-ring (bicyclic) bond motifs is 1. The van der Waals surface area contributed by atoms with Gasteiger partial charge in [-0.25, -0.2) is 13.6 Å². The van der Waals surface area contributed by atoms with Crippen LogP contribution in [0, 0.1) is 0 Å². The number of hydrogen-bond donors (Lipinski definition) is 0. The fourth-order valence-corrected chi connectivity index (χ4v) is 5.88. The number of hydrogen-bond acceptors (Lipinski definition) is 6. The molecular weight excluding hydrogens is 488 g/mol. The molecule has 188 valence electrons. The lowest BCUT2D eigenvalue weighted by atomic mass is 9.91. The number of nitrogens with zero attached hydrogens (tertiary/aromatic N) is 1. The molecule has 1 aliphatic rings. The highest BCUT2D eigenvalue weighted by Gasteiger charge is 2.23. The van der Waals surface area contributed by atoms with E-state index in [0.717, 1.165) is 60.3 Å². The number of alkyl halides is 2. The summed E-state index contributed by atoms with van der Waals surface area (Å²) in [6, 6.07) is 10.2. The van der Waals surface area contributed by atoms with Crippen molar-refractivity contribution in [3.63, 3.8) is 0 Å². The van der Waals surface area contributed by atoms with Gasteiger partial charge in [0.15, 0.2) is 6.61 Å². The van der Waals surface area contributed by atoms with E-state index in [1.165, 1.54) is 35.3 Å². The van der Waals surface area contributed by atoms with E-state index in [-0.39, 0.29) is 12.2 Å². The molecule has 0 unspecified atom stereocenters. The van der Waals surface area contributed by atoms with Crippen LogP contribution in [0.15, 0.2) is 56.9 Å². The number of aliphatic imine (C=N–C) groups is 1. The van der Waals surface area contributed by atoms with Crippen molar-refractivity contribution in [3.8, 4) is 5.75 Å². The van der Waals surface area contributed by atoms with Gasteiger partial charge in [0.2, 0.25) is 0 Å². The molecule has 2 aromatic rings. The van der Waals surface area contributed by atoms with Crippen LogP contribution in [0.4, 0.5) is 8.78 Å². The lowest BCUT2D eigenvalue weighted by Gasteiger charge is -2.22. The number of carbonyl (C=O) groups is 1. The molecule has 0 aliphatic heterocycles. The summed E-state index contributed by atoms with van der Waals surface area (Å²) in [5, 5.41) is 0. The maximum Gasteiger partial charge on any atom is 0.343 e. The van der Waals surface area contributed by atoms with Gasteiger partial charge in [-0.1, -0.05) is 24.3 Å². The lowest BCUT2D eigenvalue weighted by Crippen LogP contribution is -2.15. The number of thioether (sulfide) groups is 2. The highest BCUT2D eigenvalue weighted by atomic mass is 32.2. The van der Waals surface area contributed by atoms with Crippen LogP contribution in [0.2, 0.25) is 0 Å². The van der Waals surface area contributed by atoms with Gasteiger partial charge < -0.3 is 9.47 Å². The predicted molar refractivity (Wildman–Crippen MR) is 141 cm³/mol. The second-order valence-electron chi connectivity index (χ2n) is 8.36. The van der Waals surface area contributed by atoms with Gasteiger partial charge in [-0.05, 0) is 67.7 Å². The van der Waals surface area contributed by atoms with E-state index >= 15 is 0 Å². The average Bonchev–Trinajstić information content (AvgIpc) is 2.86. The fourth-order valence-electron chi connectivity index (χ4n) is 3.83. The minimum atomic E-state index is -2.85. The van der Waals surface area contributed by atoms with E-state index in [9.17, 15) is 13.6 Å². The van der Waals surface area contributed by atoms with Gasteiger partial charge in [0.25, 0.3) is 5.92 Å². The Labute approximate surface area is 214 Å². The summed E-state index contributed by atoms with van der Waals surface area (Å²) in [5.41, 5.74) is 4.17. The van der Waals surface area contributed by atoms with Crippen LogP contribution in [0.25, 0.3) is 0 Å². The minimum absolute atomic E-state index is 0.00633. The van der Waals surface area contributed by atoms with Crippen molar-refractivity contribution in [1.29, 1.82) is 0 Å². The van der Waals surface area contributed by atoms with Gasteiger partial charge in [0, 0.05) is 40.0 Å². The van der Waals surface area contributed by atoms with Crippen LogP contribution in [0.3, 0.4) is 0 Å². The number of allylic oxidation sites excluding steroid dienone is 1. The van der Waals surface area contributed by atoms with E-state index < -0.39 is 11.9 Å². The molecular formula is C27H31F2NO3S2. The van der Waals surface area contributed by atoms with Crippen molar-refractivity contribution in [1.82, 2.24) is 0 Å². The summed E-state index contributed by atoms with van der Waals surface area (Å²) in [6.45, 7) is 2.78. The van der Waals surface area contributed by atoms with Crippen LogP contribution in [0.5, 0.6) is 5.75 Å². The van der Waals surface area contributed by atoms with Crippen LogP contribution in [-0.2, 0) is 28.3 Å². The summed E-state index contributed by atoms with van der Waals surface area (Å²) in [7, 11) is 1.35. The molecule has 2 aromatic carbocycles. The molecule has 0 aromatic heterocycles. The number of carbonyl (C=O) groups excluding carboxylic acids is 1. The molecule has 4 nitrogen and oxygen atoms in total. The van der Waals surface area contributed by atoms with E-state index in [4.69, 9.17) is 4.74 Å². The molecule has 0 spiro atoms. The molecule has 0 atom stereocenters. The molecule has 0 saturated heterocycles. The van der Waals surface area contributed by atoms with Gasteiger partial charge in [0.05, 0.1) is 7.11 Å². The third-order valence-corrected chi connectivity index (χ3v) is 8.10. The Hall–Kier alpha value is -2.32.